The standard InChI is InChI=1S/C15H18N2O2/c1-3-7-18-13-8-12(16)9-14(10-13)19-15-5-4-6-17-11(15)2/h4-6,8-10H,3,7,16H2,1-2H3. The van der Waals surface area contributed by atoms with Gasteiger partial charge in [-0.2, -0.15) is 0 Å². The van der Waals surface area contributed by atoms with Gasteiger partial charge < -0.3 is 15.2 Å². The number of hydrogen-bond acceptors (Lipinski definition) is 4. The number of aryl methyl sites for hydroxylation is 1. The maximum atomic E-state index is 5.85. The summed E-state index contributed by atoms with van der Waals surface area (Å²) in [4.78, 5) is 4.18. The number of nitrogens with two attached hydrogens (primary N) is 1. The van der Waals surface area contributed by atoms with Crippen LogP contribution in [0.15, 0.2) is 36.5 Å². The lowest BCUT2D eigenvalue weighted by Crippen LogP contribution is -1.97. The Morgan fingerprint density at radius 1 is 1.21 bits per heavy atom. The van der Waals surface area contributed by atoms with Gasteiger partial charge in [0.25, 0.3) is 0 Å². The highest BCUT2D eigenvalue weighted by Gasteiger charge is 2.05. The Labute approximate surface area is 113 Å². The molecule has 2 rings (SSSR count). The van der Waals surface area contributed by atoms with Crippen LogP contribution in [0.2, 0.25) is 0 Å². The topological polar surface area (TPSA) is 57.4 Å². The number of rotatable bonds is 5. The largest absolute Gasteiger partial charge is 0.493 e. The molecule has 0 radical (unpaired) electrons. The molecule has 0 saturated carbocycles. The van der Waals surface area contributed by atoms with E-state index in [0.717, 1.165) is 23.6 Å². The van der Waals surface area contributed by atoms with Gasteiger partial charge in [0.1, 0.15) is 17.2 Å². The number of nitrogen functional groups attached to an aromatic ring is 1. The minimum absolute atomic E-state index is 0.616. The van der Waals surface area contributed by atoms with Crippen LogP contribution in [-0.2, 0) is 0 Å². The maximum Gasteiger partial charge on any atom is 0.148 e. The number of aromatic nitrogens is 1. The van der Waals surface area contributed by atoms with Gasteiger partial charge in [0.05, 0.1) is 12.3 Å². The molecule has 0 fully saturated rings. The van der Waals surface area contributed by atoms with E-state index in [1.807, 2.05) is 25.1 Å². The van der Waals surface area contributed by atoms with Gasteiger partial charge in [0.15, 0.2) is 0 Å². The van der Waals surface area contributed by atoms with Crippen molar-refractivity contribution in [2.24, 2.45) is 0 Å². The molecule has 19 heavy (non-hydrogen) atoms. The molecule has 4 heteroatoms. The maximum absolute atomic E-state index is 5.85. The monoisotopic (exact) mass is 258 g/mol. The number of ether oxygens (including phenoxy) is 2. The lowest BCUT2D eigenvalue weighted by Gasteiger charge is -2.11. The third kappa shape index (κ3) is 3.61. The fourth-order valence-corrected chi connectivity index (χ4v) is 1.66. The lowest BCUT2D eigenvalue weighted by atomic mass is 10.2. The van der Waals surface area contributed by atoms with Crippen molar-refractivity contribution in [2.45, 2.75) is 20.3 Å². The lowest BCUT2D eigenvalue weighted by molar-refractivity contribution is 0.316. The van der Waals surface area contributed by atoms with Gasteiger partial charge in [-0.05, 0) is 25.5 Å². The average Bonchev–Trinajstić information content (AvgIpc) is 2.38. The summed E-state index contributed by atoms with van der Waals surface area (Å²) in [6.07, 6.45) is 2.68. The Bertz CT molecular complexity index is 556. The minimum Gasteiger partial charge on any atom is -0.493 e. The van der Waals surface area contributed by atoms with Crippen molar-refractivity contribution < 1.29 is 9.47 Å². The molecule has 0 spiro atoms. The van der Waals surface area contributed by atoms with E-state index < -0.39 is 0 Å². The van der Waals surface area contributed by atoms with Gasteiger partial charge in [0.2, 0.25) is 0 Å². The third-order valence-corrected chi connectivity index (χ3v) is 2.56. The molecule has 1 aromatic heterocycles. The highest BCUT2D eigenvalue weighted by molar-refractivity contribution is 5.51. The Morgan fingerprint density at radius 2 is 2.00 bits per heavy atom. The molecule has 0 unspecified atom stereocenters. The smallest absolute Gasteiger partial charge is 0.148 e. The highest BCUT2D eigenvalue weighted by Crippen LogP contribution is 2.29. The second-order valence-electron chi connectivity index (χ2n) is 4.28. The van der Waals surface area contributed by atoms with Crippen LogP contribution in [0.1, 0.15) is 19.0 Å². The molecule has 0 aliphatic heterocycles. The zero-order valence-electron chi connectivity index (χ0n) is 11.2. The van der Waals surface area contributed by atoms with Crippen LogP contribution < -0.4 is 15.2 Å². The first-order valence-corrected chi connectivity index (χ1v) is 6.32. The predicted octanol–water partition coefficient (Wildman–Crippen LogP) is 3.55. The molecular formula is C15H18N2O2. The number of anilines is 1. The van der Waals surface area contributed by atoms with Crippen LogP contribution in [0.3, 0.4) is 0 Å². The SMILES string of the molecule is CCCOc1cc(N)cc(Oc2cccnc2C)c1. The fourth-order valence-electron chi connectivity index (χ4n) is 1.66. The van der Waals surface area contributed by atoms with Crippen molar-refractivity contribution in [3.8, 4) is 17.2 Å². The number of benzene rings is 1. The Hall–Kier alpha value is -2.23. The van der Waals surface area contributed by atoms with Crippen molar-refractivity contribution in [3.05, 3.63) is 42.2 Å². The normalized spacial score (nSPS) is 10.2. The summed E-state index contributed by atoms with van der Waals surface area (Å²) in [5, 5.41) is 0. The summed E-state index contributed by atoms with van der Waals surface area (Å²) in [6, 6.07) is 9.10. The Balaban J connectivity index is 2.20. The van der Waals surface area contributed by atoms with Gasteiger partial charge >= 0.3 is 0 Å². The van der Waals surface area contributed by atoms with Crippen LogP contribution in [0.4, 0.5) is 5.69 Å². The van der Waals surface area contributed by atoms with Crippen LogP contribution in [0.5, 0.6) is 17.2 Å². The van der Waals surface area contributed by atoms with Crippen molar-refractivity contribution >= 4 is 5.69 Å². The molecule has 0 aliphatic rings. The highest BCUT2D eigenvalue weighted by atomic mass is 16.5. The first-order chi connectivity index (χ1) is 9.19. The van der Waals surface area contributed by atoms with E-state index in [4.69, 9.17) is 15.2 Å². The molecule has 0 saturated heterocycles. The van der Waals surface area contributed by atoms with Crippen LogP contribution in [0.25, 0.3) is 0 Å². The Morgan fingerprint density at radius 3 is 2.74 bits per heavy atom. The van der Waals surface area contributed by atoms with Crippen molar-refractivity contribution in [3.63, 3.8) is 0 Å². The molecule has 4 nitrogen and oxygen atoms in total. The quantitative estimate of drug-likeness (QED) is 0.833. The molecule has 1 aromatic carbocycles. The van der Waals surface area contributed by atoms with E-state index in [2.05, 4.69) is 11.9 Å². The molecule has 0 atom stereocenters. The van der Waals surface area contributed by atoms with E-state index in [1.165, 1.54) is 0 Å². The van der Waals surface area contributed by atoms with Crippen molar-refractivity contribution in [2.75, 3.05) is 12.3 Å². The molecule has 2 N–H and O–H groups in total. The second kappa shape index (κ2) is 6.09. The first kappa shape index (κ1) is 13.2. The molecule has 0 amide bonds. The van der Waals surface area contributed by atoms with Gasteiger partial charge in [-0.25, -0.2) is 0 Å². The Kier molecular flexibility index (Phi) is 4.23. The second-order valence-corrected chi connectivity index (χ2v) is 4.28. The van der Waals surface area contributed by atoms with E-state index in [1.54, 1.807) is 18.3 Å². The fraction of sp³-hybridized carbons (Fsp3) is 0.267. The van der Waals surface area contributed by atoms with Crippen LogP contribution >= 0.6 is 0 Å². The van der Waals surface area contributed by atoms with Gasteiger partial charge in [-0.3, -0.25) is 4.98 Å². The minimum atomic E-state index is 0.616. The molecule has 100 valence electrons. The number of pyridine rings is 1. The van der Waals surface area contributed by atoms with E-state index in [0.29, 0.717) is 18.0 Å². The van der Waals surface area contributed by atoms with E-state index in [-0.39, 0.29) is 0 Å². The van der Waals surface area contributed by atoms with Gasteiger partial charge in [-0.1, -0.05) is 6.92 Å². The average molecular weight is 258 g/mol. The third-order valence-electron chi connectivity index (χ3n) is 2.56. The summed E-state index contributed by atoms with van der Waals surface area (Å²) in [7, 11) is 0. The van der Waals surface area contributed by atoms with Gasteiger partial charge in [-0.15, -0.1) is 0 Å². The van der Waals surface area contributed by atoms with Crippen molar-refractivity contribution in [1.82, 2.24) is 4.98 Å². The van der Waals surface area contributed by atoms with Crippen LogP contribution in [0, 0.1) is 6.92 Å². The molecule has 2 aromatic rings. The zero-order valence-corrected chi connectivity index (χ0v) is 11.2. The summed E-state index contributed by atoms with van der Waals surface area (Å²) < 4.78 is 11.4. The number of nitrogens with zero attached hydrogens (tertiary/aromatic N) is 1. The molecule has 0 bridgehead atoms. The predicted molar refractivity (Wildman–Crippen MR) is 75.7 cm³/mol. The number of hydrogen-bond donors (Lipinski definition) is 1. The molecule has 1 heterocycles. The van der Waals surface area contributed by atoms with Crippen molar-refractivity contribution in [1.29, 1.82) is 0 Å². The van der Waals surface area contributed by atoms with E-state index in [9.17, 15) is 0 Å². The summed E-state index contributed by atoms with van der Waals surface area (Å²) >= 11 is 0. The van der Waals surface area contributed by atoms with E-state index >= 15 is 0 Å². The van der Waals surface area contributed by atoms with Crippen LogP contribution in [-0.4, -0.2) is 11.6 Å². The summed E-state index contributed by atoms with van der Waals surface area (Å²) in [5.41, 5.74) is 7.30. The molecule has 0 aliphatic carbocycles. The summed E-state index contributed by atoms with van der Waals surface area (Å²) in [6.45, 7) is 4.62. The first-order valence-electron chi connectivity index (χ1n) is 6.32. The molecular weight excluding hydrogens is 240 g/mol. The zero-order chi connectivity index (χ0) is 13.7. The van der Waals surface area contributed by atoms with Gasteiger partial charge in [0, 0.05) is 30.1 Å². The summed E-state index contributed by atoms with van der Waals surface area (Å²) in [5.74, 6) is 2.09.